The minimum atomic E-state index is -4.57. The predicted molar refractivity (Wildman–Crippen MR) is 78.9 cm³/mol. The highest BCUT2D eigenvalue weighted by Gasteiger charge is 2.34. The topological polar surface area (TPSA) is 46.2 Å². The Morgan fingerprint density at radius 1 is 1.33 bits per heavy atom. The second kappa shape index (κ2) is 7.11. The fourth-order valence-electron chi connectivity index (χ4n) is 1.83. The molecule has 0 radical (unpaired) electrons. The van der Waals surface area contributed by atoms with Gasteiger partial charge in [0.1, 0.15) is 0 Å². The maximum absolute atomic E-state index is 12.8. The van der Waals surface area contributed by atoms with Gasteiger partial charge in [0.2, 0.25) is 10.0 Å². The fourth-order valence-corrected chi connectivity index (χ4v) is 4.04. The van der Waals surface area contributed by atoms with E-state index < -0.39 is 21.8 Å². The van der Waals surface area contributed by atoms with Gasteiger partial charge in [-0.15, -0.1) is 0 Å². The van der Waals surface area contributed by atoms with Gasteiger partial charge in [-0.3, -0.25) is 0 Å². The van der Waals surface area contributed by atoms with E-state index in [0.29, 0.717) is 0 Å². The molecule has 1 aromatic rings. The summed E-state index contributed by atoms with van der Waals surface area (Å²) in [6.45, 7) is 3.21. The van der Waals surface area contributed by atoms with Crippen LogP contribution in [-0.2, 0) is 16.2 Å². The van der Waals surface area contributed by atoms with Crippen LogP contribution < -0.4 is 4.72 Å². The molecule has 1 atom stereocenters. The molecular formula is C13H17BrF3NO2S. The first-order chi connectivity index (χ1) is 9.59. The van der Waals surface area contributed by atoms with Crippen LogP contribution in [-0.4, -0.2) is 20.3 Å². The van der Waals surface area contributed by atoms with Gasteiger partial charge in [-0.2, -0.15) is 13.2 Å². The predicted octanol–water partition coefficient (Wildman–Crippen LogP) is 3.71. The molecule has 0 aliphatic carbocycles. The molecule has 1 N–H and O–H groups in total. The van der Waals surface area contributed by atoms with Crippen molar-refractivity contribution in [2.24, 2.45) is 5.92 Å². The first kappa shape index (κ1) is 18.4. The molecule has 0 amide bonds. The summed E-state index contributed by atoms with van der Waals surface area (Å²) in [5.74, 6) is 0.0882. The van der Waals surface area contributed by atoms with Gasteiger partial charge >= 0.3 is 6.18 Å². The third-order valence-electron chi connectivity index (χ3n) is 3.10. The molecule has 3 nitrogen and oxygen atoms in total. The van der Waals surface area contributed by atoms with Gasteiger partial charge in [0, 0.05) is 11.9 Å². The van der Waals surface area contributed by atoms with Gasteiger partial charge < -0.3 is 0 Å². The van der Waals surface area contributed by atoms with E-state index in [9.17, 15) is 21.6 Å². The lowest BCUT2D eigenvalue weighted by atomic mass is 10.1. The van der Waals surface area contributed by atoms with Crippen molar-refractivity contribution in [3.63, 3.8) is 0 Å². The molecule has 0 aromatic heterocycles. The molecule has 8 heteroatoms. The Morgan fingerprint density at radius 3 is 2.48 bits per heavy atom. The highest BCUT2D eigenvalue weighted by molar-refractivity contribution is 9.09. The summed E-state index contributed by atoms with van der Waals surface area (Å²) in [6.07, 6.45) is -3.80. The van der Waals surface area contributed by atoms with E-state index in [2.05, 4.69) is 20.7 Å². The highest BCUT2D eigenvalue weighted by Crippen LogP contribution is 2.34. The van der Waals surface area contributed by atoms with Gasteiger partial charge in [0.15, 0.2) is 0 Å². The van der Waals surface area contributed by atoms with Crippen molar-refractivity contribution < 1.29 is 21.6 Å². The maximum atomic E-state index is 12.8. The zero-order chi connectivity index (χ0) is 16.3. The van der Waals surface area contributed by atoms with Crippen molar-refractivity contribution in [1.82, 2.24) is 4.72 Å². The third-order valence-corrected chi connectivity index (χ3v) is 5.13. The van der Waals surface area contributed by atoms with E-state index in [0.717, 1.165) is 23.9 Å². The molecule has 1 unspecified atom stereocenters. The number of nitrogens with one attached hydrogen (secondary N) is 1. The molecule has 0 aliphatic rings. The molecule has 1 rings (SSSR count). The van der Waals surface area contributed by atoms with Crippen molar-refractivity contribution in [3.05, 3.63) is 29.3 Å². The lowest BCUT2D eigenvalue weighted by Gasteiger charge is -2.16. The Bertz CT molecular complexity index is 588. The summed E-state index contributed by atoms with van der Waals surface area (Å²) in [6, 6.07) is 3.16. The average molecular weight is 388 g/mol. The summed E-state index contributed by atoms with van der Waals surface area (Å²) in [4.78, 5) is -0.330. The zero-order valence-electron chi connectivity index (χ0n) is 11.7. The minimum absolute atomic E-state index is 0.0882. The van der Waals surface area contributed by atoms with Crippen LogP contribution >= 0.6 is 15.9 Å². The number of sulfonamides is 1. The largest absolute Gasteiger partial charge is 0.416 e. The highest BCUT2D eigenvalue weighted by atomic mass is 79.9. The third kappa shape index (κ3) is 4.96. The van der Waals surface area contributed by atoms with Gasteiger partial charge in [0.05, 0.1) is 10.5 Å². The second-order valence-corrected chi connectivity index (χ2v) is 7.39. The quantitative estimate of drug-likeness (QED) is 0.756. The van der Waals surface area contributed by atoms with E-state index in [1.807, 2.05) is 6.92 Å². The fraction of sp³-hybridized carbons (Fsp3) is 0.538. The molecule has 0 fully saturated rings. The number of halogens is 4. The van der Waals surface area contributed by atoms with Crippen LogP contribution in [0.1, 0.15) is 24.5 Å². The van der Waals surface area contributed by atoms with E-state index in [1.165, 1.54) is 13.0 Å². The Morgan fingerprint density at radius 2 is 1.95 bits per heavy atom. The van der Waals surface area contributed by atoms with E-state index in [4.69, 9.17) is 0 Å². The molecule has 0 saturated carbocycles. The van der Waals surface area contributed by atoms with Gasteiger partial charge in [-0.25, -0.2) is 13.1 Å². The van der Waals surface area contributed by atoms with Gasteiger partial charge in [-0.05, 0) is 37.0 Å². The van der Waals surface area contributed by atoms with Crippen LogP contribution in [0.3, 0.4) is 0 Å². The zero-order valence-corrected chi connectivity index (χ0v) is 14.1. The number of rotatable bonds is 6. The van der Waals surface area contributed by atoms with Crippen LogP contribution in [0.2, 0.25) is 0 Å². The van der Waals surface area contributed by atoms with Crippen molar-refractivity contribution in [2.45, 2.75) is 31.3 Å². The molecular weight excluding hydrogens is 371 g/mol. The lowest BCUT2D eigenvalue weighted by Crippen LogP contribution is -2.29. The Labute approximate surface area is 131 Å². The van der Waals surface area contributed by atoms with Crippen LogP contribution in [0, 0.1) is 12.8 Å². The molecule has 0 bridgehead atoms. The summed E-state index contributed by atoms with van der Waals surface area (Å²) in [7, 11) is -3.95. The molecule has 0 heterocycles. The van der Waals surface area contributed by atoms with Gasteiger partial charge in [-0.1, -0.05) is 28.9 Å². The van der Waals surface area contributed by atoms with Crippen molar-refractivity contribution >= 4 is 26.0 Å². The molecule has 0 saturated heterocycles. The van der Waals surface area contributed by atoms with Crippen molar-refractivity contribution in [1.29, 1.82) is 0 Å². The van der Waals surface area contributed by atoms with E-state index in [1.54, 1.807) is 0 Å². The molecule has 120 valence electrons. The number of hydrogen-bond donors (Lipinski definition) is 1. The average Bonchev–Trinajstić information content (AvgIpc) is 2.35. The first-order valence-corrected chi connectivity index (χ1v) is 8.92. The SMILES string of the molecule is Cc1c(C(F)(F)F)cccc1S(=O)(=O)NCC(C)CCBr. The summed E-state index contributed by atoms with van der Waals surface area (Å²) in [5.41, 5.74) is -1.22. The van der Waals surface area contributed by atoms with Crippen molar-refractivity contribution in [2.75, 3.05) is 11.9 Å². The summed E-state index contributed by atoms with van der Waals surface area (Å²) >= 11 is 3.26. The number of benzene rings is 1. The monoisotopic (exact) mass is 387 g/mol. The minimum Gasteiger partial charge on any atom is -0.211 e. The van der Waals surface area contributed by atoms with Crippen LogP contribution in [0.4, 0.5) is 13.2 Å². The standard InChI is InChI=1S/C13H17BrF3NO2S/c1-9(6-7-14)8-18-21(19,20)12-5-3-4-11(10(12)2)13(15,16)17/h3-5,9,18H,6-8H2,1-2H3. The molecule has 21 heavy (non-hydrogen) atoms. The van der Waals surface area contributed by atoms with Crippen molar-refractivity contribution in [3.8, 4) is 0 Å². The van der Waals surface area contributed by atoms with Crippen LogP contribution in [0.25, 0.3) is 0 Å². The number of hydrogen-bond acceptors (Lipinski definition) is 2. The van der Waals surface area contributed by atoms with Crippen LogP contribution in [0.5, 0.6) is 0 Å². The Kier molecular flexibility index (Phi) is 6.24. The normalized spacial score (nSPS) is 14.2. The molecule has 0 spiro atoms. The molecule has 0 aliphatic heterocycles. The Hall–Kier alpha value is -0.600. The smallest absolute Gasteiger partial charge is 0.211 e. The van der Waals surface area contributed by atoms with E-state index in [-0.39, 0.29) is 22.9 Å². The number of alkyl halides is 4. The maximum Gasteiger partial charge on any atom is 0.416 e. The summed E-state index contributed by atoms with van der Waals surface area (Å²) < 4.78 is 65.1. The summed E-state index contributed by atoms with van der Waals surface area (Å²) in [5, 5.41) is 0.735. The van der Waals surface area contributed by atoms with Gasteiger partial charge in [0.25, 0.3) is 0 Å². The van der Waals surface area contributed by atoms with E-state index >= 15 is 0 Å². The molecule has 1 aromatic carbocycles. The van der Waals surface area contributed by atoms with Crippen LogP contribution in [0.15, 0.2) is 23.1 Å². The Balaban J connectivity index is 3.05. The second-order valence-electron chi connectivity index (χ2n) is 4.86. The lowest BCUT2D eigenvalue weighted by molar-refractivity contribution is -0.138. The first-order valence-electron chi connectivity index (χ1n) is 6.32.